The summed E-state index contributed by atoms with van der Waals surface area (Å²) in [6.45, 7) is 5.50. The van der Waals surface area contributed by atoms with Crippen molar-refractivity contribution in [2.45, 2.75) is 45.1 Å². The zero-order chi connectivity index (χ0) is 24.3. The van der Waals surface area contributed by atoms with Crippen LogP contribution in [0.3, 0.4) is 0 Å². The molecule has 0 unspecified atom stereocenters. The average molecular weight is 519 g/mol. The number of thiocarbonyl (C=S) groups is 1. The van der Waals surface area contributed by atoms with Gasteiger partial charge in [0.2, 0.25) is 12.7 Å². The number of hydrogen-bond acceptors (Lipinski definition) is 7. The quantitative estimate of drug-likeness (QED) is 0.286. The minimum absolute atomic E-state index is 0.0424. The van der Waals surface area contributed by atoms with Gasteiger partial charge in [-0.05, 0) is 69.2 Å². The molecule has 0 bridgehead atoms. The van der Waals surface area contributed by atoms with E-state index in [2.05, 4.69) is 32.3 Å². The zero-order valence-corrected chi connectivity index (χ0v) is 21.6. The van der Waals surface area contributed by atoms with E-state index in [4.69, 9.17) is 26.4 Å². The Labute approximate surface area is 216 Å². The summed E-state index contributed by atoms with van der Waals surface area (Å²) in [5.74, 6) is 2.41. The lowest BCUT2D eigenvalue weighted by Gasteiger charge is -2.25. The number of fused-ring (bicyclic) bond motifs is 1. The first-order valence-electron chi connectivity index (χ1n) is 12.3. The van der Waals surface area contributed by atoms with Gasteiger partial charge < -0.3 is 30.2 Å². The first-order valence-corrected chi connectivity index (χ1v) is 13.6. The second kappa shape index (κ2) is 13.5. The van der Waals surface area contributed by atoms with Gasteiger partial charge in [-0.25, -0.2) is 0 Å². The van der Waals surface area contributed by atoms with E-state index in [9.17, 15) is 4.79 Å². The average Bonchev–Trinajstić information content (AvgIpc) is 3.51. The molecule has 4 rings (SSSR count). The summed E-state index contributed by atoms with van der Waals surface area (Å²) in [6.07, 6.45) is 5.90. The molecule has 2 aliphatic rings. The monoisotopic (exact) mass is 518 g/mol. The maximum atomic E-state index is 12.1. The van der Waals surface area contributed by atoms with E-state index in [1.165, 1.54) is 37.2 Å². The third kappa shape index (κ3) is 8.55. The highest BCUT2D eigenvalue weighted by atomic mass is 32.1. The summed E-state index contributed by atoms with van der Waals surface area (Å²) in [5.41, 5.74) is 0.826. The van der Waals surface area contributed by atoms with Crippen molar-refractivity contribution < 1.29 is 19.0 Å². The van der Waals surface area contributed by atoms with Crippen LogP contribution in [0.2, 0.25) is 0 Å². The molecule has 1 amide bonds. The van der Waals surface area contributed by atoms with Crippen LogP contribution in [0.4, 0.5) is 5.69 Å². The second-order valence-corrected chi connectivity index (χ2v) is 10.1. The number of rotatable bonds is 12. The van der Waals surface area contributed by atoms with Gasteiger partial charge in [0.25, 0.3) is 0 Å². The summed E-state index contributed by atoms with van der Waals surface area (Å²) in [7, 11) is 0. The van der Waals surface area contributed by atoms with Crippen LogP contribution in [0.1, 0.15) is 43.4 Å². The standard InChI is InChI=1S/C25H34N4O4S2/c30-24(6-4-9-27-25(34)28-19-7-8-22-23(14-19)33-18-32-22)26-10-5-13-31-20-15-21(35-17-20)16-29-11-2-1-3-12-29/h7-8,14-15,17H,1-6,9-13,16,18H2,(H,26,30)(H2,27,28,34). The van der Waals surface area contributed by atoms with Crippen LogP contribution in [0.25, 0.3) is 0 Å². The molecule has 1 aromatic carbocycles. The highest BCUT2D eigenvalue weighted by Crippen LogP contribution is 2.34. The number of anilines is 1. The van der Waals surface area contributed by atoms with Gasteiger partial charge in [0.15, 0.2) is 16.6 Å². The maximum Gasteiger partial charge on any atom is 0.231 e. The van der Waals surface area contributed by atoms with E-state index >= 15 is 0 Å². The summed E-state index contributed by atoms with van der Waals surface area (Å²) in [5, 5.41) is 11.8. The predicted octanol–water partition coefficient (Wildman–Crippen LogP) is 4.11. The molecule has 2 aliphatic heterocycles. The molecule has 190 valence electrons. The fraction of sp³-hybridized carbons (Fsp3) is 0.520. The van der Waals surface area contributed by atoms with Crippen LogP contribution in [0.15, 0.2) is 29.6 Å². The SMILES string of the molecule is O=C(CCCNC(=S)Nc1ccc2c(c1)OCO2)NCCCOc1csc(CN2CCCCC2)c1. The Bertz CT molecular complexity index is 978. The van der Waals surface area contributed by atoms with Crippen molar-refractivity contribution in [1.29, 1.82) is 0 Å². The Balaban J connectivity index is 1.00. The zero-order valence-electron chi connectivity index (χ0n) is 20.0. The number of benzene rings is 1. The van der Waals surface area contributed by atoms with Gasteiger partial charge in [-0.3, -0.25) is 9.69 Å². The van der Waals surface area contributed by atoms with E-state index in [0.717, 1.165) is 30.2 Å². The fourth-order valence-electron chi connectivity index (χ4n) is 4.04. The summed E-state index contributed by atoms with van der Waals surface area (Å²) in [4.78, 5) is 15.9. The normalized spacial score (nSPS) is 15.0. The fourth-order valence-corrected chi connectivity index (χ4v) is 5.10. The van der Waals surface area contributed by atoms with Crippen molar-refractivity contribution >= 4 is 40.3 Å². The summed E-state index contributed by atoms with van der Waals surface area (Å²) >= 11 is 7.08. The Hall–Kier alpha value is -2.56. The molecule has 10 heteroatoms. The summed E-state index contributed by atoms with van der Waals surface area (Å²) < 4.78 is 16.5. The molecule has 3 N–H and O–H groups in total. The van der Waals surface area contributed by atoms with Gasteiger partial charge >= 0.3 is 0 Å². The van der Waals surface area contributed by atoms with E-state index in [1.54, 1.807) is 11.3 Å². The number of piperidine rings is 1. The van der Waals surface area contributed by atoms with Gasteiger partial charge in [-0.15, -0.1) is 11.3 Å². The molecule has 8 nitrogen and oxygen atoms in total. The Kier molecular flexibility index (Phi) is 9.85. The third-order valence-corrected chi connectivity index (χ3v) is 7.01. The lowest BCUT2D eigenvalue weighted by atomic mass is 10.1. The van der Waals surface area contributed by atoms with Crippen LogP contribution in [0, 0.1) is 0 Å². The molecule has 1 aromatic heterocycles. The van der Waals surface area contributed by atoms with Gasteiger partial charge in [0.05, 0.1) is 6.61 Å². The van der Waals surface area contributed by atoms with E-state index in [1.807, 2.05) is 18.2 Å². The molecule has 0 radical (unpaired) electrons. The maximum absolute atomic E-state index is 12.1. The van der Waals surface area contributed by atoms with Crippen LogP contribution >= 0.6 is 23.6 Å². The molecular weight excluding hydrogens is 484 g/mol. The molecule has 1 saturated heterocycles. The first kappa shape index (κ1) is 25.5. The molecule has 2 aromatic rings. The molecule has 0 spiro atoms. The number of likely N-dealkylation sites (tertiary alicyclic amines) is 1. The number of hydrogen-bond donors (Lipinski definition) is 3. The van der Waals surface area contributed by atoms with Crippen LogP contribution in [0.5, 0.6) is 17.2 Å². The number of carbonyl (C=O) groups excluding carboxylic acids is 1. The highest BCUT2D eigenvalue weighted by Gasteiger charge is 2.14. The number of nitrogens with zero attached hydrogens (tertiary/aromatic N) is 1. The van der Waals surface area contributed by atoms with Crippen molar-refractivity contribution in [3.8, 4) is 17.2 Å². The first-order chi connectivity index (χ1) is 17.2. The van der Waals surface area contributed by atoms with Gasteiger partial charge in [-0.1, -0.05) is 6.42 Å². The number of amides is 1. The Morgan fingerprint density at radius 1 is 1.06 bits per heavy atom. The van der Waals surface area contributed by atoms with Crippen molar-refractivity contribution in [3.63, 3.8) is 0 Å². The van der Waals surface area contributed by atoms with Gasteiger partial charge in [-0.2, -0.15) is 0 Å². The molecule has 3 heterocycles. The molecule has 35 heavy (non-hydrogen) atoms. The molecule has 1 fully saturated rings. The Morgan fingerprint density at radius 3 is 2.77 bits per heavy atom. The van der Waals surface area contributed by atoms with Gasteiger partial charge in [0, 0.05) is 48.1 Å². The number of thiophene rings is 1. The minimum atomic E-state index is 0.0424. The van der Waals surface area contributed by atoms with Crippen LogP contribution in [-0.2, 0) is 11.3 Å². The van der Waals surface area contributed by atoms with E-state index < -0.39 is 0 Å². The topological polar surface area (TPSA) is 84.1 Å². The lowest BCUT2D eigenvalue weighted by molar-refractivity contribution is -0.121. The van der Waals surface area contributed by atoms with Crippen molar-refractivity contribution in [2.75, 3.05) is 44.9 Å². The van der Waals surface area contributed by atoms with Crippen molar-refractivity contribution in [2.24, 2.45) is 0 Å². The van der Waals surface area contributed by atoms with Gasteiger partial charge in [0.1, 0.15) is 5.75 Å². The number of ether oxygens (including phenoxy) is 3. The summed E-state index contributed by atoms with van der Waals surface area (Å²) in [6, 6.07) is 7.72. The minimum Gasteiger partial charge on any atom is -0.493 e. The molecule has 0 saturated carbocycles. The van der Waals surface area contributed by atoms with Crippen molar-refractivity contribution in [3.05, 3.63) is 34.5 Å². The smallest absolute Gasteiger partial charge is 0.231 e. The Morgan fingerprint density at radius 2 is 1.89 bits per heavy atom. The predicted molar refractivity (Wildman–Crippen MR) is 143 cm³/mol. The number of carbonyl (C=O) groups is 1. The molecule has 0 atom stereocenters. The van der Waals surface area contributed by atoms with E-state index in [0.29, 0.717) is 43.4 Å². The second-order valence-electron chi connectivity index (χ2n) is 8.69. The molecule has 0 aliphatic carbocycles. The van der Waals surface area contributed by atoms with Crippen LogP contribution < -0.4 is 30.2 Å². The number of nitrogens with one attached hydrogen (secondary N) is 3. The highest BCUT2D eigenvalue weighted by molar-refractivity contribution is 7.80. The lowest BCUT2D eigenvalue weighted by Crippen LogP contribution is -2.31. The molecular formula is C25H34N4O4S2. The van der Waals surface area contributed by atoms with Crippen LogP contribution in [-0.4, -0.2) is 55.5 Å². The van der Waals surface area contributed by atoms with E-state index in [-0.39, 0.29) is 12.7 Å². The largest absolute Gasteiger partial charge is 0.493 e. The third-order valence-electron chi connectivity index (χ3n) is 5.87. The van der Waals surface area contributed by atoms with Crippen molar-refractivity contribution in [1.82, 2.24) is 15.5 Å².